The van der Waals surface area contributed by atoms with E-state index in [1.54, 1.807) is 0 Å². The molecule has 0 fully saturated rings. The minimum absolute atomic E-state index is 0.562. The molecule has 0 radical (unpaired) electrons. The van der Waals surface area contributed by atoms with Crippen molar-refractivity contribution in [1.82, 2.24) is 5.32 Å². The molecular formula is C10H15N2PS. The predicted molar refractivity (Wildman–Crippen MR) is 67.8 cm³/mol. The molecule has 0 aromatic rings. The van der Waals surface area contributed by atoms with Gasteiger partial charge in [0.05, 0.1) is 5.70 Å². The molecule has 1 aliphatic rings. The maximum atomic E-state index is 5.69. The zero-order valence-electron chi connectivity index (χ0n) is 8.26. The second-order valence-electron chi connectivity index (χ2n) is 2.85. The molecule has 1 aliphatic heterocycles. The van der Waals surface area contributed by atoms with Gasteiger partial charge < -0.3 is 11.1 Å². The van der Waals surface area contributed by atoms with Crippen LogP contribution in [0.4, 0.5) is 0 Å². The molecule has 0 spiro atoms. The molecular weight excluding hydrogens is 211 g/mol. The molecule has 1 atom stereocenters. The van der Waals surface area contributed by atoms with E-state index in [0.29, 0.717) is 6.54 Å². The molecule has 0 saturated heterocycles. The van der Waals surface area contributed by atoms with Crippen molar-refractivity contribution in [3.05, 3.63) is 22.7 Å². The van der Waals surface area contributed by atoms with Crippen LogP contribution < -0.4 is 11.1 Å². The van der Waals surface area contributed by atoms with E-state index < -0.39 is 0 Å². The van der Waals surface area contributed by atoms with Crippen molar-refractivity contribution < 1.29 is 0 Å². The Labute approximate surface area is 92.0 Å². The highest BCUT2D eigenvalue weighted by atomic mass is 32.2. The first-order chi connectivity index (χ1) is 6.79. The molecule has 0 amide bonds. The van der Waals surface area contributed by atoms with Crippen LogP contribution in [0.25, 0.3) is 0 Å². The van der Waals surface area contributed by atoms with Crippen LogP contribution in [-0.4, -0.2) is 18.1 Å². The zero-order valence-corrected chi connectivity index (χ0v) is 10.2. The summed E-state index contributed by atoms with van der Waals surface area (Å²) >= 11 is 1.88. The average Bonchev–Trinajstić information content (AvgIpc) is 2.37. The Morgan fingerprint density at radius 1 is 1.71 bits per heavy atom. The van der Waals surface area contributed by atoms with E-state index in [1.165, 1.54) is 5.31 Å². The molecule has 76 valence electrons. The minimum Gasteiger partial charge on any atom is -0.326 e. The molecule has 14 heavy (non-hydrogen) atoms. The molecule has 0 aromatic heterocycles. The normalized spacial score (nSPS) is 16.6. The topological polar surface area (TPSA) is 38.0 Å². The fourth-order valence-corrected chi connectivity index (χ4v) is 2.59. The third-order valence-electron chi connectivity index (χ3n) is 1.88. The number of hydrogen-bond donors (Lipinski definition) is 2. The van der Waals surface area contributed by atoms with E-state index in [-0.39, 0.29) is 0 Å². The molecule has 4 heteroatoms. The molecule has 2 nitrogen and oxygen atoms in total. The largest absolute Gasteiger partial charge is 0.326 e. The van der Waals surface area contributed by atoms with Crippen LogP contribution in [0, 0.1) is 12.0 Å². The molecule has 0 aromatic carbocycles. The van der Waals surface area contributed by atoms with Crippen LogP contribution >= 0.6 is 21.0 Å². The van der Waals surface area contributed by atoms with E-state index in [4.69, 9.17) is 5.73 Å². The summed E-state index contributed by atoms with van der Waals surface area (Å²) in [4.78, 5) is 0. The van der Waals surface area contributed by atoms with Crippen molar-refractivity contribution in [3.8, 4) is 12.0 Å². The molecule has 1 unspecified atom stereocenters. The number of thioether (sulfide) groups is 1. The van der Waals surface area contributed by atoms with E-state index in [2.05, 4.69) is 32.6 Å². The monoisotopic (exact) mass is 226 g/mol. The van der Waals surface area contributed by atoms with Gasteiger partial charge in [-0.05, 0) is 17.8 Å². The first-order valence-electron chi connectivity index (χ1n) is 4.43. The van der Waals surface area contributed by atoms with Crippen LogP contribution in [0.1, 0.15) is 6.92 Å². The minimum atomic E-state index is 0.562. The van der Waals surface area contributed by atoms with Gasteiger partial charge in [0, 0.05) is 24.1 Å². The first-order valence-corrected chi connectivity index (χ1v) is 6.16. The molecule has 0 aliphatic carbocycles. The number of rotatable bonds is 2. The van der Waals surface area contributed by atoms with Gasteiger partial charge in [0.15, 0.2) is 0 Å². The predicted octanol–water partition coefficient (Wildman–Crippen LogP) is 1.28. The quantitative estimate of drug-likeness (QED) is 0.423. The summed E-state index contributed by atoms with van der Waals surface area (Å²) in [6, 6.07) is 2.86. The lowest BCUT2D eigenvalue weighted by Crippen LogP contribution is -2.16. The number of nitrogens with one attached hydrogen (secondary N) is 1. The number of hydrogen-bond acceptors (Lipinski definition) is 3. The SMILES string of the molecule is CC#CNC1=C(P)CSCC=C1CN. The summed E-state index contributed by atoms with van der Waals surface area (Å²) in [7, 11) is 2.76. The lowest BCUT2D eigenvalue weighted by atomic mass is 10.2. The van der Waals surface area contributed by atoms with Crippen LogP contribution in [0.3, 0.4) is 0 Å². The molecule has 1 rings (SSSR count). The van der Waals surface area contributed by atoms with Gasteiger partial charge in [-0.3, -0.25) is 0 Å². The Bertz CT molecular complexity index is 323. The van der Waals surface area contributed by atoms with Gasteiger partial charge in [-0.25, -0.2) is 0 Å². The van der Waals surface area contributed by atoms with Crippen LogP contribution in [-0.2, 0) is 0 Å². The molecule has 0 saturated carbocycles. The average molecular weight is 226 g/mol. The summed E-state index contributed by atoms with van der Waals surface area (Å²) < 4.78 is 0. The lowest BCUT2D eigenvalue weighted by Gasteiger charge is -2.10. The Balaban J connectivity index is 2.92. The highest BCUT2D eigenvalue weighted by Gasteiger charge is 2.10. The zero-order chi connectivity index (χ0) is 10.4. The second kappa shape index (κ2) is 6.14. The fraction of sp³-hybridized carbons (Fsp3) is 0.400. The number of nitrogens with two attached hydrogens (primary N) is 1. The molecule has 3 N–H and O–H groups in total. The maximum Gasteiger partial charge on any atom is 0.0540 e. The standard InChI is InChI=1S/C10H15N2PS/c1-2-4-12-10-8(6-11)3-5-14-7-9(10)13/h3,12H,5-7,11,13H2,1H3. The highest BCUT2D eigenvalue weighted by Crippen LogP contribution is 2.25. The summed E-state index contributed by atoms with van der Waals surface area (Å²) in [5.41, 5.74) is 7.92. The van der Waals surface area contributed by atoms with Gasteiger partial charge in [-0.1, -0.05) is 12.0 Å². The first kappa shape index (κ1) is 11.7. The third kappa shape index (κ3) is 3.06. The Morgan fingerprint density at radius 3 is 3.14 bits per heavy atom. The van der Waals surface area contributed by atoms with Crippen LogP contribution in [0.15, 0.2) is 22.7 Å². The lowest BCUT2D eigenvalue weighted by molar-refractivity contribution is 1.03. The Morgan fingerprint density at radius 2 is 2.50 bits per heavy atom. The van der Waals surface area contributed by atoms with Gasteiger partial charge in [0.1, 0.15) is 0 Å². The molecule has 1 heterocycles. The van der Waals surface area contributed by atoms with Crippen molar-refractivity contribution in [3.63, 3.8) is 0 Å². The smallest absolute Gasteiger partial charge is 0.0540 e. The van der Waals surface area contributed by atoms with E-state index in [9.17, 15) is 0 Å². The fourth-order valence-electron chi connectivity index (χ4n) is 1.18. The highest BCUT2D eigenvalue weighted by molar-refractivity contribution is 7.99. The third-order valence-corrected chi connectivity index (χ3v) is 3.59. The van der Waals surface area contributed by atoms with Crippen molar-refractivity contribution >= 4 is 21.0 Å². The van der Waals surface area contributed by atoms with E-state index in [1.807, 2.05) is 18.7 Å². The van der Waals surface area contributed by atoms with E-state index in [0.717, 1.165) is 22.8 Å². The molecule has 0 bridgehead atoms. The van der Waals surface area contributed by atoms with E-state index >= 15 is 0 Å². The van der Waals surface area contributed by atoms with Gasteiger partial charge in [0.2, 0.25) is 0 Å². The van der Waals surface area contributed by atoms with Gasteiger partial charge in [0.25, 0.3) is 0 Å². The van der Waals surface area contributed by atoms with Crippen molar-refractivity contribution in [2.45, 2.75) is 6.92 Å². The summed E-state index contributed by atoms with van der Waals surface area (Å²) in [5, 5.41) is 4.34. The van der Waals surface area contributed by atoms with Crippen molar-refractivity contribution in [2.24, 2.45) is 5.73 Å². The summed E-state index contributed by atoms with van der Waals surface area (Å²) in [5.74, 6) is 4.86. The summed E-state index contributed by atoms with van der Waals surface area (Å²) in [6.45, 7) is 2.37. The van der Waals surface area contributed by atoms with Gasteiger partial charge in [-0.15, -0.1) is 9.24 Å². The van der Waals surface area contributed by atoms with Crippen molar-refractivity contribution in [2.75, 3.05) is 18.1 Å². The maximum absolute atomic E-state index is 5.69. The van der Waals surface area contributed by atoms with Crippen molar-refractivity contribution in [1.29, 1.82) is 0 Å². The van der Waals surface area contributed by atoms with Gasteiger partial charge in [-0.2, -0.15) is 11.8 Å². The summed E-state index contributed by atoms with van der Waals surface area (Å²) in [6.07, 6.45) is 2.17. The Kier molecular flexibility index (Phi) is 5.11. The Hall–Kier alpha value is -0.420. The van der Waals surface area contributed by atoms with Crippen LogP contribution in [0.2, 0.25) is 0 Å². The van der Waals surface area contributed by atoms with Gasteiger partial charge >= 0.3 is 0 Å². The second-order valence-corrected chi connectivity index (χ2v) is 4.58. The van der Waals surface area contributed by atoms with Crippen LogP contribution in [0.5, 0.6) is 0 Å².